The molecule has 0 aliphatic heterocycles. The van der Waals surface area contributed by atoms with Gasteiger partial charge in [-0.3, -0.25) is 0 Å². The molecule has 0 heterocycles. The van der Waals surface area contributed by atoms with Crippen LogP contribution in [0.15, 0.2) is 29.2 Å². The van der Waals surface area contributed by atoms with Gasteiger partial charge < -0.3 is 5.11 Å². The number of benzene rings is 1. The molecule has 4 nitrogen and oxygen atoms in total. The van der Waals surface area contributed by atoms with Gasteiger partial charge in [-0.05, 0) is 61.6 Å². The van der Waals surface area contributed by atoms with E-state index >= 15 is 0 Å². The van der Waals surface area contributed by atoms with Crippen molar-refractivity contribution in [3.63, 3.8) is 0 Å². The quantitative estimate of drug-likeness (QED) is 0.845. The van der Waals surface area contributed by atoms with Crippen molar-refractivity contribution in [1.29, 1.82) is 0 Å². The van der Waals surface area contributed by atoms with Gasteiger partial charge in [0.05, 0.1) is 11.0 Å². The predicted octanol–water partition coefficient (Wildman–Crippen LogP) is 2.21. The van der Waals surface area contributed by atoms with Crippen LogP contribution in [0.25, 0.3) is 0 Å². The van der Waals surface area contributed by atoms with Gasteiger partial charge in [0.25, 0.3) is 0 Å². The summed E-state index contributed by atoms with van der Waals surface area (Å²) in [6, 6.07) is 6.43. The molecule has 2 N–H and O–H groups in total. The first-order valence-electron chi connectivity index (χ1n) is 7.21. The Morgan fingerprint density at radius 1 is 1.30 bits per heavy atom. The molecule has 0 aromatic heterocycles. The third kappa shape index (κ3) is 2.75. The highest BCUT2D eigenvalue weighted by molar-refractivity contribution is 7.89. The first-order chi connectivity index (χ1) is 9.43. The topological polar surface area (TPSA) is 66.4 Å². The van der Waals surface area contributed by atoms with E-state index in [9.17, 15) is 13.5 Å². The van der Waals surface area contributed by atoms with Crippen LogP contribution in [-0.4, -0.2) is 20.1 Å². The van der Waals surface area contributed by atoms with Crippen LogP contribution in [0.2, 0.25) is 0 Å². The first-order valence-corrected chi connectivity index (χ1v) is 8.69. The summed E-state index contributed by atoms with van der Waals surface area (Å²) in [4.78, 5) is 0.272. The Hall–Kier alpha value is -0.910. The minimum Gasteiger partial charge on any atom is -0.389 e. The van der Waals surface area contributed by atoms with Crippen molar-refractivity contribution in [1.82, 2.24) is 4.72 Å². The maximum absolute atomic E-state index is 12.3. The van der Waals surface area contributed by atoms with Gasteiger partial charge in [-0.15, -0.1) is 0 Å². The molecule has 0 amide bonds. The molecule has 5 heteroatoms. The fraction of sp³-hybridized carbons (Fsp3) is 0.600. The number of hydrogen-bond donors (Lipinski definition) is 2. The van der Waals surface area contributed by atoms with Crippen LogP contribution in [0, 0.1) is 11.3 Å². The Morgan fingerprint density at radius 2 is 1.90 bits per heavy atom. The van der Waals surface area contributed by atoms with E-state index < -0.39 is 16.1 Å². The average Bonchev–Trinajstić information content (AvgIpc) is 3.28. The molecule has 0 spiro atoms. The molecular weight excluding hydrogens is 274 g/mol. The zero-order valence-corrected chi connectivity index (χ0v) is 12.5. The largest absolute Gasteiger partial charge is 0.389 e. The van der Waals surface area contributed by atoms with Crippen LogP contribution in [0.4, 0.5) is 0 Å². The predicted molar refractivity (Wildman–Crippen MR) is 76.7 cm³/mol. The summed E-state index contributed by atoms with van der Waals surface area (Å²) in [5.74, 6) is 0.739. The standard InChI is InChI=1S/C15H21NO3S/c1-11(17)12-2-6-14(7-3-12)20(18,19)16-10-15(8-9-15)13-4-5-13/h2-3,6-7,11,13,16-17H,4-5,8-10H2,1H3. The second-order valence-electron chi connectivity index (χ2n) is 6.21. The first kappa shape index (κ1) is 14.0. The van der Waals surface area contributed by atoms with Gasteiger partial charge in [0.1, 0.15) is 0 Å². The molecule has 1 atom stereocenters. The molecule has 2 aliphatic carbocycles. The summed E-state index contributed by atoms with van der Waals surface area (Å²) in [5, 5.41) is 9.44. The van der Waals surface area contributed by atoms with Crippen LogP contribution in [0.5, 0.6) is 0 Å². The van der Waals surface area contributed by atoms with E-state index in [0.29, 0.717) is 6.54 Å². The average molecular weight is 295 g/mol. The number of sulfonamides is 1. The Labute approximate surface area is 120 Å². The zero-order valence-electron chi connectivity index (χ0n) is 11.7. The molecule has 0 bridgehead atoms. The third-order valence-corrected chi connectivity index (χ3v) is 6.04. The minimum absolute atomic E-state index is 0.257. The highest BCUT2D eigenvalue weighted by Gasteiger charge is 2.53. The van der Waals surface area contributed by atoms with Crippen molar-refractivity contribution in [3.8, 4) is 0 Å². The van der Waals surface area contributed by atoms with Gasteiger partial charge in [-0.25, -0.2) is 13.1 Å². The molecular formula is C15H21NO3S. The van der Waals surface area contributed by atoms with E-state index in [1.807, 2.05) is 0 Å². The summed E-state index contributed by atoms with van der Waals surface area (Å²) in [7, 11) is -3.43. The fourth-order valence-electron chi connectivity index (χ4n) is 2.83. The van der Waals surface area contributed by atoms with Crippen molar-refractivity contribution in [2.45, 2.75) is 43.6 Å². The number of aliphatic hydroxyl groups excluding tert-OH is 1. The molecule has 2 aliphatic rings. The molecule has 1 aromatic carbocycles. The van der Waals surface area contributed by atoms with Crippen LogP contribution >= 0.6 is 0 Å². The molecule has 2 fully saturated rings. The van der Waals surface area contributed by atoms with Gasteiger partial charge in [-0.2, -0.15) is 0 Å². The maximum atomic E-state index is 12.3. The van der Waals surface area contributed by atoms with Crippen LogP contribution in [-0.2, 0) is 10.0 Å². The lowest BCUT2D eigenvalue weighted by Crippen LogP contribution is -2.31. The Kier molecular flexibility index (Phi) is 3.39. The van der Waals surface area contributed by atoms with Gasteiger partial charge in [0, 0.05) is 6.54 Å². The molecule has 3 rings (SSSR count). The van der Waals surface area contributed by atoms with E-state index in [1.165, 1.54) is 12.8 Å². The van der Waals surface area contributed by atoms with Crippen molar-refractivity contribution in [2.24, 2.45) is 11.3 Å². The normalized spacial score (nSPS) is 22.5. The number of rotatable bonds is 6. The monoisotopic (exact) mass is 295 g/mol. The number of aliphatic hydroxyl groups is 1. The lowest BCUT2D eigenvalue weighted by Gasteiger charge is -2.15. The minimum atomic E-state index is -3.43. The Bertz CT molecular complexity index is 584. The highest BCUT2D eigenvalue weighted by Crippen LogP contribution is 2.60. The van der Waals surface area contributed by atoms with E-state index in [-0.39, 0.29) is 10.3 Å². The van der Waals surface area contributed by atoms with Crippen molar-refractivity contribution < 1.29 is 13.5 Å². The highest BCUT2D eigenvalue weighted by atomic mass is 32.2. The molecule has 20 heavy (non-hydrogen) atoms. The fourth-order valence-corrected chi connectivity index (χ4v) is 3.97. The smallest absolute Gasteiger partial charge is 0.240 e. The van der Waals surface area contributed by atoms with Crippen LogP contribution in [0.1, 0.15) is 44.3 Å². The molecule has 0 saturated heterocycles. The van der Waals surface area contributed by atoms with E-state index in [2.05, 4.69) is 4.72 Å². The van der Waals surface area contributed by atoms with Gasteiger partial charge >= 0.3 is 0 Å². The van der Waals surface area contributed by atoms with Crippen LogP contribution in [0.3, 0.4) is 0 Å². The maximum Gasteiger partial charge on any atom is 0.240 e. The molecule has 1 unspecified atom stereocenters. The summed E-state index contributed by atoms with van der Waals surface area (Å²) in [6.07, 6.45) is 4.24. The molecule has 110 valence electrons. The Balaban J connectivity index is 1.68. The van der Waals surface area contributed by atoms with Gasteiger partial charge in [-0.1, -0.05) is 12.1 Å². The second kappa shape index (κ2) is 4.83. The van der Waals surface area contributed by atoms with E-state index in [4.69, 9.17) is 0 Å². The Morgan fingerprint density at radius 3 is 2.35 bits per heavy atom. The molecule has 2 saturated carbocycles. The molecule has 0 radical (unpaired) electrons. The molecule has 1 aromatic rings. The van der Waals surface area contributed by atoms with E-state index in [1.54, 1.807) is 31.2 Å². The van der Waals surface area contributed by atoms with Crippen molar-refractivity contribution in [2.75, 3.05) is 6.54 Å². The van der Waals surface area contributed by atoms with Gasteiger partial charge in [0.2, 0.25) is 10.0 Å². The number of nitrogens with one attached hydrogen (secondary N) is 1. The van der Waals surface area contributed by atoms with Gasteiger partial charge in [0.15, 0.2) is 0 Å². The SMILES string of the molecule is CC(O)c1ccc(S(=O)(=O)NCC2(C3CC3)CC2)cc1. The third-order valence-electron chi connectivity index (χ3n) is 4.62. The van der Waals surface area contributed by atoms with Crippen LogP contribution < -0.4 is 4.72 Å². The summed E-state index contributed by atoms with van der Waals surface area (Å²) in [5.41, 5.74) is 0.979. The lowest BCUT2D eigenvalue weighted by molar-refractivity contribution is 0.199. The van der Waals surface area contributed by atoms with Crippen molar-refractivity contribution in [3.05, 3.63) is 29.8 Å². The summed E-state index contributed by atoms with van der Waals surface area (Å²) >= 11 is 0. The number of hydrogen-bond acceptors (Lipinski definition) is 3. The van der Waals surface area contributed by atoms with E-state index in [0.717, 1.165) is 24.3 Å². The zero-order chi connectivity index (χ0) is 14.4. The van der Waals surface area contributed by atoms with Crippen molar-refractivity contribution >= 4 is 10.0 Å². The summed E-state index contributed by atoms with van der Waals surface area (Å²) in [6.45, 7) is 2.23. The lowest BCUT2D eigenvalue weighted by atomic mass is 10.0. The summed E-state index contributed by atoms with van der Waals surface area (Å²) < 4.78 is 27.3. The second-order valence-corrected chi connectivity index (χ2v) is 7.97.